The van der Waals surface area contributed by atoms with Crippen LogP contribution in [0.1, 0.15) is 33.0 Å². The van der Waals surface area contributed by atoms with Gasteiger partial charge in [-0.3, -0.25) is 4.79 Å². The van der Waals surface area contributed by atoms with Crippen LogP contribution in [0.5, 0.6) is 0 Å². The molecule has 1 fully saturated rings. The highest BCUT2D eigenvalue weighted by Gasteiger charge is 2.18. The number of anilines is 2. The van der Waals surface area contributed by atoms with Crippen molar-refractivity contribution in [2.75, 3.05) is 43.4 Å². The molecule has 0 atom stereocenters. The molecule has 2 heterocycles. The van der Waals surface area contributed by atoms with Gasteiger partial charge >= 0.3 is 0 Å². The molecule has 4 nitrogen and oxygen atoms in total. The van der Waals surface area contributed by atoms with Crippen molar-refractivity contribution in [1.29, 1.82) is 0 Å². The molecule has 1 aliphatic carbocycles. The molecule has 1 saturated heterocycles. The van der Waals surface area contributed by atoms with Crippen LogP contribution in [0, 0.1) is 0 Å². The van der Waals surface area contributed by atoms with Gasteiger partial charge in [0.1, 0.15) is 0 Å². The molecule has 25 heavy (non-hydrogen) atoms. The van der Waals surface area contributed by atoms with E-state index in [1.54, 1.807) is 16.2 Å². The third-order valence-electron chi connectivity index (χ3n) is 5.33. The van der Waals surface area contributed by atoms with Gasteiger partial charge in [0.2, 0.25) is 0 Å². The van der Waals surface area contributed by atoms with Gasteiger partial charge in [-0.15, -0.1) is 11.3 Å². The van der Waals surface area contributed by atoms with E-state index in [1.165, 1.54) is 42.1 Å². The molecule has 1 aliphatic heterocycles. The number of thiophene rings is 1. The van der Waals surface area contributed by atoms with Crippen LogP contribution in [0.15, 0.2) is 30.3 Å². The number of aryl methyl sites for hydroxylation is 2. The van der Waals surface area contributed by atoms with Crippen LogP contribution in [0.25, 0.3) is 0 Å². The minimum absolute atomic E-state index is 0.0235. The normalized spacial score (nSPS) is 18.0. The summed E-state index contributed by atoms with van der Waals surface area (Å²) in [6.45, 7) is 4.56. The molecule has 2 aromatic rings. The summed E-state index contributed by atoms with van der Waals surface area (Å²) in [5, 5.41) is 3.05. The Morgan fingerprint density at radius 3 is 2.56 bits per heavy atom. The fourth-order valence-corrected chi connectivity index (χ4v) is 4.85. The molecule has 0 unspecified atom stereocenters. The van der Waals surface area contributed by atoms with Gasteiger partial charge in [-0.05, 0) is 61.6 Å². The summed E-state index contributed by atoms with van der Waals surface area (Å²) in [4.78, 5) is 18.8. The highest BCUT2D eigenvalue weighted by Crippen LogP contribution is 2.30. The minimum Gasteiger partial charge on any atom is -0.360 e. The fraction of sp³-hybridized carbons (Fsp3) is 0.450. The lowest BCUT2D eigenvalue weighted by molar-refractivity contribution is -0.880. The van der Waals surface area contributed by atoms with Crippen LogP contribution in [0.4, 0.5) is 11.4 Å². The molecule has 0 spiro atoms. The Kier molecular flexibility index (Phi) is 4.77. The predicted octanol–water partition coefficient (Wildman–Crippen LogP) is 2.21. The van der Waals surface area contributed by atoms with Gasteiger partial charge in [0.15, 0.2) is 0 Å². The maximum absolute atomic E-state index is 12.5. The lowest BCUT2D eigenvalue weighted by atomic mass is 9.99. The smallest absolute Gasteiger partial charge is 0.265 e. The molecule has 132 valence electrons. The summed E-state index contributed by atoms with van der Waals surface area (Å²) >= 11 is 1.67. The second-order valence-electron chi connectivity index (χ2n) is 7.21. The fourth-order valence-electron chi connectivity index (χ4n) is 3.70. The molecule has 2 aliphatic rings. The van der Waals surface area contributed by atoms with E-state index in [-0.39, 0.29) is 5.91 Å². The molecule has 1 amide bonds. The monoisotopic (exact) mass is 356 g/mol. The Bertz CT molecular complexity index is 721. The third kappa shape index (κ3) is 3.72. The van der Waals surface area contributed by atoms with Crippen molar-refractivity contribution in [1.82, 2.24) is 0 Å². The van der Waals surface area contributed by atoms with Crippen molar-refractivity contribution in [2.45, 2.75) is 25.7 Å². The molecular weight excluding hydrogens is 330 g/mol. The van der Waals surface area contributed by atoms with Crippen molar-refractivity contribution >= 4 is 28.6 Å². The summed E-state index contributed by atoms with van der Waals surface area (Å²) in [6, 6.07) is 10.4. The molecule has 1 aromatic heterocycles. The Balaban J connectivity index is 1.40. The first-order valence-electron chi connectivity index (χ1n) is 9.28. The summed E-state index contributed by atoms with van der Waals surface area (Å²) < 4.78 is 0. The highest BCUT2D eigenvalue weighted by molar-refractivity contribution is 7.14. The first-order chi connectivity index (χ1) is 12.2. The number of benzene rings is 1. The molecule has 5 heteroatoms. The number of nitrogens with one attached hydrogen (secondary N) is 2. The predicted molar refractivity (Wildman–Crippen MR) is 104 cm³/mol. The van der Waals surface area contributed by atoms with Gasteiger partial charge in [0.05, 0.1) is 38.1 Å². The molecule has 0 saturated carbocycles. The SMILES string of the molecule is C[NH+]1CCN(c2ccc(NC(=O)c3cc4c(s3)CCCC4)cc2)CC1. The first kappa shape index (κ1) is 16.6. The van der Waals surface area contributed by atoms with Crippen LogP contribution in [0.3, 0.4) is 0 Å². The maximum Gasteiger partial charge on any atom is 0.265 e. The van der Waals surface area contributed by atoms with E-state index >= 15 is 0 Å². The van der Waals surface area contributed by atoms with E-state index in [9.17, 15) is 4.79 Å². The van der Waals surface area contributed by atoms with Gasteiger partial charge in [-0.1, -0.05) is 0 Å². The molecular formula is C20H26N3OS+. The van der Waals surface area contributed by atoms with Crippen LogP contribution in [-0.4, -0.2) is 39.1 Å². The Morgan fingerprint density at radius 1 is 1.12 bits per heavy atom. The first-order valence-corrected chi connectivity index (χ1v) is 10.1. The zero-order valence-electron chi connectivity index (χ0n) is 14.8. The zero-order chi connectivity index (χ0) is 17.2. The molecule has 0 radical (unpaired) electrons. The van der Waals surface area contributed by atoms with Crippen LogP contribution >= 0.6 is 11.3 Å². The Labute approximate surface area is 153 Å². The van der Waals surface area contributed by atoms with E-state index in [0.717, 1.165) is 36.5 Å². The standard InChI is InChI=1S/C20H25N3OS/c1-22-10-12-23(13-11-22)17-8-6-16(7-9-17)21-20(24)19-14-15-4-2-3-5-18(15)25-19/h6-9,14H,2-5,10-13H2,1H3,(H,21,24)/p+1. The largest absolute Gasteiger partial charge is 0.360 e. The number of carbonyl (C=O) groups is 1. The second kappa shape index (κ2) is 7.18. The van der Waals surface area contributed by atoms with Crippen LogP contribution < -0.4 is 15.1 Å². The number of fused-ring (bicyclic) bond motifs is 1. The summed E-state index contributed by atoms with van der Waals surface area (Å²) in [5.41, 5.74) is 3.51. The number of carbonyl (C=O) groups excluding carboxylic acids is 1. The molecule has 1 aromatic carbocycles. The molecule has 0 bridgehead atoms. The van der Waals surface area contributed by atoms with Crippen molar-refractivity contribution in [2.24, 2.45) is 0 Å². The highest BCUT2D eigenvalue weighted by atomic mass is 32.1. The van der Waals surface area contributed by atoms with E-state index in [2.05, 4.69) is 35.5 Å². The van der Waals surface area contributed by atoms with Gasteiger partial charge in [0, 0.05) is 16.3 Å². The molecule has 4 rings (SSSR count). The number of hydrogen-bond acceptors (Lipinski definition) is 3. The van der Waals surface area contributed by atoms with Gasteiger partial charge in [-0.2, -0.15) is 0 Å². The van der Waals surface area contributed by atoms with E-state index in [1.807, 2.05) is 12.1 Å². The van der Waals surface area contributed by atoms with E-state index in [0.29, 0.717) is 0 Å². The lowest BCUT2D eigenvalue weighted by Gasteiger charge is -2.31. The van der Waals surface area contributed by atoms with Crippen LogP contribution in [-0.2, 0) is 12.8 Å². The number of rotatable bonds is 3. The average Bonchev–Trinajstić information content (AvgIpc) is 3.07. The number of quaternary nitrogens is 1. The number of nitrogens with zero attached hydrogens (tertiary/aromatic N) is 1. The second-order valence-corrected chi connectivity index (χ2v) is 8.35. The topological polar surface area (TPSA) is 36.8 Å². The van der Waals surface area contributed by atoms with Crippen molar-refractivity contribution in [3.05, 3.63) is 45.6 Å². The van der Waals surface area contributed by atoms with Crippen molar-refractivity contribution < 1.29 is 9.69 Å². The number of likely N-dealkylation sites (N-methyl/N-ethyl adjacent to an activating group) is 1. The minimum atomic E-state index is 0.0235. The quantitative estimate of drug-likeness (QED) is 0.885. The zero-order valence-corrected chi connectivity index (χ0v) is 15.6. The summed E-state index contributed by atoms with van der Waals surface area (Å²) in [5.74, 6) is 0.0235. The number of piperazine rings is 1. The van der Waals surface area contributed by atoms with E-state index in [4.69, 9.17) is 0 Å². The lowest BCUT2D eigenvalue weighted by Crippen LogP contribution is -3.12. The van der Waals surface area contributed by atoms with Gasteiger partial charge in [0.25, 0.3) is 5.91 Å². The van der Waals surface area contributed by atoms with Crippen molar-refractivity contribution in [3.8, 4) is 0 Å². The van der Waals surface area contributed by atoms with Gasteiger partial charge in [-0.25, -0.2) is 0 Å². The molecule has 2 N–H and O–H groups in total. The average molecular weight is 357 g/mol. The third-order valence-corrected chi connectivity index (χ3v) is 6.56. The number of hydrogen-bond donors (Lipinski definition) is 2. The van der Waals surface area contributed by atoms with Crippen LogP contribution in [0.2, 0.25) is 0 Å². The van der Waals surface area contributed by atoms with Gasteiger partial charge < -0.3 is 15.1 Å². The Hall–Kier alpha value is -1.85. The number of amides is 1. The summed E-state index contributed by atoms with van der Waals surface area (Å²) in [6.07, 6.45) is 4.76. The van der Waals surface area contributed by atoms with E-state index < -0.39 is 0 Å². The Morgan fingerprint density at radius 2 is 1.84 bits per heavy atom. The summed E-state index contributed by atoms with van der Waals surface area (Å²) in [7, 11) is 2.25. The van der Waals surface area contributed by atoms with Crippen molar-refractivity contribution in [3.63, 3.8) is 0 Å². The maximum atomic E-state index is 12.5.